The molecule has 0 saturated heterocycles. The molecule has 1 heterocycles. The third-order valence-corrected chi connectivity index (χ3v) is 12.3. The van der Waals surface area contributed by atoms with Crippen LogP contribution in [0.4, 0.5) is 10.5 Å². The normalized spacial score (nSPS) is 17.5. The van der Waals surface area contributed by atoms with Crippen LogP contribution in [0.1, 0.15) is 58.9 Å². The molecule has 0 fully saturated rings. The molecule has 1 aliphatic heterocycles. The predicted octanol–water partition coefficient (Wildman–Crippen LogP) is 6.06. The van der Waals surface area contributed by atoms with Gasteiger partial charge in [-0.15, -0.1) is 0 Å². The largest absolute Gasteiger partial charge is 0.443 e. The summed E-state index contributed by atoms with van der Waals surface area (Å²) in [5, 5.41) is 0. The summed E-state index contributed by atoms with van der Waals surface area (Å²) in [7, 11) is -9.05. The van der Waals surface area contributed by atoms with Crippen molar-refractivity contribution < 1.29 is 31.2 Å². The van der Waals surface area contributed by atoms with Crippen LogP contribution in [0.3, 0.4) is 0 Å². The number of para-hydroxylation sites is 1. The van der Waals surface area contributed by atoms with Crippen LogP contribution in [0, 0.1) is 0 Å². The highest BCUT2D eigenvalue weighted by atomic mass is 32.3. The van der Waals surface area contributed by atoms with Crippen molar-refractivity contribution in [1.29, 1.82) is 0 Å². The smallest absolute Gasteiger partial charge is 0.421 e. The summed E-state index contributed by atoms with van der Waals surface area (Å²) in [4.78, 5) is 28.4. The molecule has 0 saturated carbocycles. The van der Waals surface area contributed by atoms with Gasteiger partial charge in [0.15, 0.2) is 24.3 Å². The van der Waals surface area contributed by atoms with E-state index in [9.17, 15) is 26.4 Å². The number of hydrogen-bond donors (Lipinski definition) is 0. The van der Waals surface area contributed by atoms with Gasteiger partial charge in [0.05, 0.1) is 20.9 Å². The topological polar surface area (TPSA) is 115 Å². The molecule has 0 radical (unpaired) electrons. The first-order chi connectivity index (χ1) is 19.3. The molecule has 0 aromatic heterocycles. The second kappa shape index (κ2) is 11.4. The van der Waals surface area contributed by atoms with Crippen molar-refractivity contribution in [2.24, 2.45) is 0 Å². The monoisotopic (exact) mass is 597 g/mol. The zero-order valence-corrected chi connectivity index (χ0v) is 25.2. The van der Waals surface area contributed by atoms with Gasteiger partial charge < -0.3 is 4.74 Å². The van der Waals surface area contributed by atoms with E-state index >= 15 is 0 Å². The van der Waals surface area contributed by atoms with Gasteiger partial charge in [0.25, 0.3) is 0 Å². The highest BCUT2D eigenvalue weighted by Crippen LogP contribution is 2.50. The first-order valence-electron chi connectivity index (χ1n) is 13.5. The summed E-state index contributed by atoms with van der Waals surface area (Å²) >= 11 is 0. The highest BCUT2D eigenvalue weighted by molar-refractivity contribution is 8.09. The molecular formula is C31H35NO7S2. The number of ether oxygens (including phenoxy) is 1. The number of amides is 2. The lowest BCUT2D eigenvalue weighted by molar-refractivity contribution is -0.123. The Labute approximate surface area is 242 Å². The van der Waals surface area contributed by atoms with Gasteiger partial charge in [-0.2, -0.15) is 0 Å². The van der Waals surface area contributed by atoms with Crippen molar-refractivity contribution >= 4 is 37.4 Å². The molecule has 41 heavy (non-hydrogen) atoms. The van der Waals surface area contributed by atoms with Gasteiger partial charge in [0.2, 0.25) is 5.91 Å². The van der Waals surface area contributed by atoms with Gasteiger partial charge >= 0.3 is 6.09 Å². The van der Waals surface area contributed by atoms with Crippen LogP contribution >= 0.6 is 0 Å². The SMILES string of the molecule is CCCC[C@]1(CC(S(=O)(=O)c2ccccc2)S(=O)(=O)c2ccccc2)C(=O)N(C(=O)OC(C)(C)C)c2ccccc21. The molecule has 2 amide bonds. The fourth-order valence-corrected chi connectivity index (χ4v) is 9.90. The maximum atomic E-state index is 14.4. The Kier molecular flexibility index (Phi) is 8.47. The van der Waals surface area contributed by atoms with Crippen molar-refractivity contribution in [3.63, 3.8) is 0 Å². The molecule has 1 atom stereocenters. The van der Waals surface area contributed by atoms with E-state index in [2.05, 4.69) is 0 Å². The Balaban J connectivity index is 1.96. The van der Waals surface area contributed by atoms with E-state index in [0.29, 0.717) is 18.4 Å². The third-order valence-electron chi connectivity index (χ3n) is 7.16. The minimum absolute atomic E-state index is 0.143. The van der Waals surface area contributed by atoms with Crippen molar-refractivity contribution in [1.82, 2.24) is 0 Å². The van der Waals surface area contributed by atoms with Crippen molar-refractivity contribution in [3.8, 4) is 0 Å². The van der Waals surface area contributed by atoms with Crippen LogP contribution in [0.5, 0.6) is 0 Å². The second-order valence-corrected chi connectivity index (χ2v) is 15.7. The van der Waals surface area contributed by atoms with Gasteiger partial charge in [-0.05, 0) is 69.5 Å². The Bertz CT molecular complexity index is 1560. The average molecular weight is 598 g/mol. The maximum Gasteiger partial charge on any atom is 0.421 e. The molecule has 3 aromatic rings. The quantitative estimate of drug-likeness (QED) is 0.294. The van der Waals surface area contributed by atoms with E-state index in [1.807, 2.05) is 6.92 Å². The number of nitrogens with zero attached hydrogens (tertiary/aromatic N) is 1. The molecule has 10 heteroatoms. The van der Waals surface area contributed by atoms with E-state index in [0.717, 1.165) is 4.90 Å². The summed E-state index contributed by atoms with van der Waals surface area (Å²) in [5.41, 5.74) is -1.86. The van der Waals surface area contributed by atoms with Crippen molar-refractivity contribution in [2.75, 3.05) is 4.90 Å². The zero-order valence-electron chi connectivity index (χ0n) is 23.6. The summed E-state index contributed by atoms with van der Waals surface area (Å²) < 4.78 is 60.3. The lowest BCUT2D eigenvalue weighted by Crippen LogP contribution is -2.48. The van der Waals surface area contributed by atoms with Gasteiger partial charge in [-0.3, -0.25) is 4.79 Å². The number of anilines is 1. The average Bonchev–Trinajstić information content (AvgIpc) is 3.18. The van der Waals surface area contributed by atoms with Crippen LogP contribution in [0.2, 0.25) is 0 Å². The lowest BCUT2D eigenvalue weighted by atomic mass is 9.75. The van der Waals surface area contributed by atoms with Gasteiger partial charge in [0.1, 0.15) is 5.60 Å². The molecule has 4 rings (SSSR count). The lowest BCUT2D eigenvalue weighted by Gasteiger charge is -2.32. The highest BCUT2D eigenvalue weighted by Gasteiger charge is 2.57. The Hall–Kier alpha value is -3.50. The van der Waals surface area contributed by atoms with Crippen molar-refractivity contribution in [3.05, 3.63) is 90.5 Å². The molecule has 218 valence electrons. The first kappa shape index (κ1) is 30.5. The number of sulfone groups is 2. The van der Waals surface area contributed by atoms with Crippen LogP contribution in [-0.4, -0.2) is 39.0 Å². The molecule has 0 N–H and O–H groups in total. The molecule has 3 aromatic carbocycles. The Morgan fingerprint density at radius 2 is 1.32 bits per heavy atom. The molecule has 0 aliphatic carbocycles. The third kappa shape index (κ3) is 5.81. The number of unbranched alkanes of at least 4 members (excludes halogenated alkanes) is 1. The number of benzene rings is 3. The number of carbonyl (C=O) groups excluding carboxylic acids is 2. The molecule has 8 nitrogen and oxygen atoms in total. The van der Waals surface area contributed by atoms with E-state index < -0.39 is 53.7 Å². The number of rotatable bonds is 9. The van der Waals surface area contributed by atoms with Gasteiger partial charge in [-0.1, -0.05) is 74.4 Å². The Morgan fingerprint density at radius 1 is 0.829 bits per heavy atom. The van der Waals surface area contributed by atoms with Crippen LogP contribution < -0.4 is 4.90 Å². The van der Waals surface area contributed by atoms with E-state index in [-0.39, 0.29) is 21.9 Å². The maximum absolute atomic E-state index is 14.4. The fraction of sp³-hybridized carbons (Fsp3) is 0.355. The van der Waals surface area contributed by atoms with E-state index in [4.69, 9.17) is 4.74 Å². The Morgan fingerprint density at radius 3 is 1.80 bits per heavy atom. The number of fused-ring (bicyclic) bond motifs is 1. The summed E-state index contributed by atoms with van der Waals surface area (Å²) in [6.07, 6.45) is -0.182. The molecular weight excluding hydrogens is 562 g/mol. The molecule has 0 bridgehead atoms. The first-order valence-corrected chi connectivity index (χ1v) is 16.6. The number of hydrogen-bond acceptors (Lipinski definition) is 7. The number of imide groups is 1. The predicted molar refractivity (Wildman–Crippen MR) is 157 cm³/mol. The number of carbonyl (C=O) groups is 2. The summed E-state index contributed by atoms with van der Waals surface area (Å²) in [6, 6.07) is 21.4. The second-order valence-electron chi connectivity index (χ2n) is 11.2. The minimum atomic E-state index is -4.52. The van der Waals surface area contributed by atoms with Gasteiger partial charge in [0, 0.05) is 0 Å². The zero-order chi connectivity index (χ0) is 30.1. The molecule has 0 spiro atoms. The van der Waals surface area contributed by atoms with Crippen molar-refractivity contribution in [2.45, 2.75) is 78.8 Å². The van der Waals surface area contributed by atoms with Crippen LogP contribution in [0.15, 0.2) is 94.7 Å². The molecule has 0 unspecified atom stereocenters. The summed E-state index contributed by atoms with van der Waals surface area (Å²) in [5.74, 6) is -0.696. The van der Waals surface area contributed by atoms with Crippen LogP contribution in [-0.2, 0) is 34.6 Å². The summed E-state index contributed by atoms with van der Waals surface area (Å²) in [6.45, 7) is 6.95. The fourth-order valence-electron chi connectivity index (χ4n) is 5.21. The van der Waals surface area contributed by atoms with E-state index in [1.165, 1.54) is 48.5 Å². The van der Waals surface area contributed by atoms with Gasteiger partial charge in [-0.25, -0.2) is 26.5 Å². The van der Waals surface area contributed by atoms with Crippen LogP contribution in [0.25, 0.3) is 0 Å². The molecule has 1 aliphatic rings. The standard InChI is InChI=1S/C31H35NO7S2/c1-5-6-21-31(25-19-13-14-20-26(25)32(28(31)33)29(34)39-30(2,3)4)22-27(40(35,36)23-15-9-7-10-16-23)41(37,38)24-17-11-8-12-18-24/h7-20,27H,5-6,21-22H2,1-4H3/t31-/m1/s1. The van der Waals surface area contributed by atoms with E-state index in [1.54, 1.807) is 57.2 Å². The minimum Gasteiger partial charge on any atom is -0.443 e.